The van der Waals surface area contributed by atoms with Gasteiger partial charge in [0.15, 0.2) is 0 Å². The molecule has 2 amide bonds. The first kappa shape index (κ1) is 14.9. The van der Waals surface area contributed by atoms with Gasteiger partial charge < -0.3 is 10.2 Å². The predicted molar refractivity (Wildman–Crippen MR) is 88.8 cm³/mol. The number of carbonyl (C=O) groups is 1. The SMILES string of the molecule is O=C(NCc1ccccc1)N1CCC[C@H]1c1ccccc1Cl. The zero-order valence-corrected chi connectivity index (χ0v) is 13.1. The number of likely N-dealkylation sites (tertiary alicyclic amines) is 1. The van der Waals surface area contributed by atoms with E-state index < -0.39 is 0 Å². The number of nitrogens with zero attached hydrogens (tertiary/aromatic N) is 1. The van der Waals surface area contributed by atoms with Gasteiger partial charge in [-0.25, -0.2) is 4.79 Å². The first-order valence-corrected chi connectivity index (χ1v) is 7.96. The van der Waals surface area contributed by atoms with Crippen LogP contribution in [0.2, 0.25) is 5.02 Å². The average molecular weight is 315 g/mol. The van der Waals surface area contributed by atoms with Crippen molar-refractivity contribution in [1.29, 1.82) is 0 Å². The highest BCUT2D eigenvalue weighted by atomic mass is 35.5. The summed E-state index contributed by atoms with van der Waals surface area (Å²) in [7, 11) is 0. The van der Waals surface area contributed by atoms with Crippen molar-refractivity contribution in [1.82, 2.24) is 10.2 Å². The van der Waals surface area contributed by atoms with E-state index in [2.05, 4.69) is 5.32 Å². The summed E-state index contributed by atoms with van der Waals surface area (Å²) >= 11 is 6.29. The molecule has 0 unspecified atom stereocenters. The fraction of sp³-hybridized carbons (Fsp3) is 0.278. The number of halogens is 1. The Morgan fingerprint density at radius 3 is 2.64 bits per heavy atom. The topological polar surface area (TPSA) is 32.3 Å². The fourth-order valence-corrected chi connectivity index (χ4v) is 3.22. The lowest BCUT2D eigenvalue weighted by Crippen LogP contribution is -2.39. The quantitative estimate of drug-likeness (QED) is 0.895. The van der Waals surface area contributed by atoms with Gasteiger partial charge in [-0.3, -0.25) is 0 Å². The van der Waals surface area contributed by atoms with Crippen molar-refractivity contribution >= 4 is 17.6 Å². The molecule has 1 aliphatic heterocycles. The Morgan fingerprint density at radius 2 is 1.86 bits per heavy atom. The van der Waals surface area contributed by atoms with Crippen molar-refractivity contribution in [3.8, 4) is 0 Å². The van der Waals surface area contributed by atoms with Gasteiger partial charge in [0.25, 0.3) is 0 Å². The van der Waals surface area contributed by atoms with Gasteiger partial charge in [-0.2, -0.15) is 0 Å². The molecule has 2 aromatic rings. The Bertz CT molecular complexity index is 645. The minimum absolute atomic E-state index is 0.0220. The lowest BCUT2D eigenvalue weighted by atomic mass is 10.0. The van der Waals surface area contributed by atoms with E-state index in [0.29, 0.717) is 6.54 Å². The van der Waals surface area contributed by atoms with Crippen molar-refractivity contribution in [2.75, 3.05) is 6.54 Å². The summed E-state index contributed by atoms with van der Waals surface area (Å²) in [5.74, 6) is 0. The molecule has 0 bridgehead atoms. The van der Waals surface area contributed by atoms with E-state index in [4.69, 9.17) is 11.6 Å². The summed E-state index contributed by atoms with van der Waals surface area (Å²) in [6.07, 6.45) is 1.97. The van der Waals surface area contributed by atoms with Gasteiger partial charge in [0, 0.05) is 18.1 Å². The number of urea groups is 1. The zero-order chi connectivity index (χ0) is 15.4. The molecule has 1 N–H and O–H groups in total. The maximum absolute atomic E-state index is 12.5. The van der Waals surface area contributed by atoms with Crippen LogP contribution in [0, 0.1) is 0 Å². The molecule has 0 radical (unpaired) electrons. The van der Waals surface area contributed by atoms with Gasteiger partial charge in [0.1, 0.15) is 0 Å². The van der Waals surface area contributed by atoms with Gasteiger partial charge in [-0.05, 0) is 30.0 Å². The van der Waals surface area contributed by atoms with Crippen LogP contribution in [0.4, 0.5) is 4.79 Å². The van der Waals surface area contributed by atoms with E-state index in [9.17, 15) is 4.79 Å². The molecule has 0 aliphatic carbocycles. The summed E-state index contributed by atoms with van der Waals surface area (Å²) in [5.41, 5.74) is 2.14. The van der Waals surface area contributed by atoms with Gasteiger partial charge in [-0.1, -0.05) is 60.1 Å². The standard InChI is InChI=1S/C18H19ClN2O/c19-16-10-5-4-9-15(16)17-11-6-12-21(17)18(22)20-13-14-7-2-1-3-8-14/h1-5,7-10,17H,6,11-13H2,(H,20,22)/t17-/m0/s1. The molecular weight excluding hydrogens is 296 g/mol. The van der Waals surface area contributed by atoms with Crippen LogP contribution in [0.25, 0.3) is 0 Å². The van der Waals surface area contributed by atoms with Crippen LogP contribution < -0.4 is 5.32 Å². The molecule has 0 aromatic heterocycles. The predicted octanol–water partition coefficient (Wildman–Crippen LogP) is 4.39. The molecule has 1 heterocycles. The highest BCUT2D eigenvalue weighted by Gasteiger charge is 2.30. The molecule has 1 atom stereocenters. The summed E-state index contributed by atoms with van der Waals surface area (Å²) in [6.45, 7) is 1.32. The molecule has 3 nitrogen and oxygen atoms in total. The van der Waals surface area contributed by atoms with Crippen LogP contribution in [-0.2, 0) is 6.54 Å². The van der Waals surface area contributed by atoms with Crippen LogP contribution in [0.3, 0.4) is 0 Å². The number of hydrogen-bond acceptors (Lipinski definition) is 1. The van der Waals surface area contributed by atoms with Crippen LogP contribution >= 0.6 is 11.6 Å². The van der Waals surface area contributed by atoms with Crippen LogP contribution in [0.5, 0.6) is 0 Å². The van der Waals surface area contributed by atoms with Gasteiger partial charge in [0.05, 0.1) is 6.04 Å². The van der Waals surface area contributed by atoms with Gasteiger partial charge in [0.2, 0.25) is 0 Å². The highest BCUT2D eigenvalue weighted by molar-refractivity contribution is 6.31. The normalized spacial score (nSPS) is 17.5. The number of carbonyl (C=O) groups excluding carboxylic acids is 1. The Labute approximate surface area is 135 Å². The van der Waals surface area contributed by atoms with Gasteiger partial charge in [-0.15, -0.1) is 0 Å². The fourth-order valence-electron chi connectivity index (χ4n) is 2.95. The first-order valence-electron chi connectivity index (χ1n) is 7.58. The molecule has 0 spiro atoms. The maximum atomic E-state index is 12.5. The third-order valence-electron chi connectivity index (χ3n) is 4.06. The Hall–Kier alpha value is -2.00. The maximum Gasteiger partial charge on any atom is 0.318 e. The van der Waals surface area contributed by atoms with Crippen LogP contribution in [0.1, 0.15) is 30.0 Å². The smallest absolute Gasteiger partial charge is 0.318 e. The minimum Gasteiger partial charge on any atom is -0.334 e. The van der Waals surface area contributed by atoms with E-state index in [1.54, 1.807) is 0 Å². The van der Waals surface area contributed by atoms with E-state index in [1.165, 1.54) is 0 Å². The average Bonchev–Trinajstić information content (AvgIpc) is 3.03. The van der Waals surface area contributed by atoms with E-state index in [0.717, 1.165) is 35.5 Å². The summed E-state index contributed by atoms with van der Waals surface area (Å²) in [4.78, 5) is 14.4. The molecule has 3 rings (SSSR count). The molecule has 0 saturated carbocycles. The zero-order valence-electron chi connectivity index (χ0n) is 12.3. The molecular formula is C18H19ClN2O. The minimum atomic E-state index is -0.0220. The van der Waals surface area contributed by atoms with Crippen molar-refractivity contribution in [3.05, 3.63) is 70.7 Å². The number of hydrogen-bond donors (Lipinski definition) is 1. The monoisotopic (exact) mass is 314 g/mol. The second kappa shape index (κ2) is 6.84. The van der Waals surface area contributed by atoms with Crippen LogP contribution in [-0.4, -0.2) is 17.5 Å². The van der Waals surface area contributed by atoms with E-state index >= 15 is 0 Å². The van der Waals surface area contributed by atoms with Crippen molar-refractivity contribution < 1.29 is 4.79 Å². The van der Waals surface area contributed by atoms with Crippen molar-refractivity contribution in [2.24, 2.45) is 0 Å². The summed E-state index contributed by atoms with van der Waals surface area (Å²) in [5, 5.41) is 3.74. The number of nitrogens with one attached hydrogen (secondary N) is 1. The molecule has 114 valence electrons. The van der Waals surface area contributed by atoms with Crippen LogP contribution in [0.15, 0.2) is 54.6 Å². The highest BCUT2D eigenvalue weighted by Crippen LogP contribution is 2.35. The second-order valence-electron chi connectivity index (χ2n) is 5.52. The third kappa shape index (κ3) is 3.25. The number of benzene rings is 2. The molecule has 2 aromatic carbocycles. The summed E-state index contributed by atoms with van der Waals surface area (Å²) in [6, 6.07) is 17.8. The Balaban J connectivity index is 1.68. The first-order chi connectivity index (χ1) is 10.8. The Morgan fingerprint density at radius 1 is 1.14 bits per heavy atom. The molecule has 1 saturated heterocycles. The molecule has 1 fully saturated rings. The molecule has 22 heavy (non-hydrogen) atoms. The lowest BCUT2D eigenvalue weighted by molar-refractivity contribution is 0.192. The lowest BCUT2D eigenvalue weighted by Gasteiger charge is -2.26. The Kier molecular flexibility index (Phi) is 4.64. The largest absolute Gasteiger partial charge is 0.334 e. The molecule has 4 heteroatoms. The number of rotatable bonds is 3. The van der Waals surface area contributed by atoms with E-state index in [-0.39, 0.29) is 12.1 Å². The molecule has 1 aliphatic rings. The second-order valence-corrected chi connectivity index (χ2v) is 5.92. The van der Waals surface area contributed by atoms with E-state index in [1.807, 2.05) is 59.5 Å². The number of amides is 2. The van der Waals surface area contributed by atoms with Gasteiger partial charge >= 0.3 is 6.03 Å². The van der Waals surface area contributed by atoms with Crippen molar-refractivity contribution in [2.45, 2.75) is 25.4 Å². The summed E-state index contributed by atoms with van der Waals surface area (Å²) < 4.78 is 0. The third-order valence-corrected chi connectivity index (χ3v) is 4.41. The van der Waals surface area contributed by atoms with Crippen molar-refractivity contribution in [3.63, 3.8) is 0 Å².